The number of hydrogen-bond donors (Lipinski definition) is 1. The molecule has 0 spiro atoms. The van der Waals surface area contributed by atoms with Gasteiger partial charge in [0.25, 0.3) is 0 Å². The number of carbonyl (C=O) groups excluding carboxylic acids is 1. The maximum absolute atomic E-state index is 11.9. The van der Waals surface area contributed by atoms with Crippen LogP contribution < -0.4 is 5.32 Å². The Morgan fingerprint density at radius 1 is 1.39 bits per heavy atom. The lowest BCUT2D eigenvalue weighted by atomic mass is 9.71. The van der Waals surface area contributed by atoms with E-state index in [2.05, 4.69) is 17.1 Å². The molecule has 0 amide bonds. The Bertz CT molecular complexity index is 288. The molecule has 3 fully saturated rings. The van der Waals surface area contributed by atoms with Crippen molar-refractivity contribution in [2.45, 2.75) is 45.1 Å². The third-order valence-corrected chi connectivity index (χ3v) is 4.37. The molecule has 1 atom stereocenters. The van der Waals surface area contributed by atoms with Gasteiger partial charge in [-0.1, -0.05) is 6.92 Å². The number of esters is 1. The molecular weight excluding hydrogens is 228 g/mol. The first-order valence-electron chi connectivity index (χ1n) is 7.33. The van der Waals surface area contributed by atoms with Crippen LogP contribution >= 0.6 is 0 Å². The second-order valence-electron chi connectivity index (χ2n) is 5.62. The van der Waals surface area contributed by atoms with Gasteiger partial charge in [-0.05, 0) is 51.7 Å². The highest BCUT2D eigenvalue weighted by Gasteiger charge is 2.47. The molecule has 4 heteroatoms. The van der Waals surface area contributed by atoms with E-state index in [1.165, 1.54) is 25.9 Å². The fourth-order valence-corrected chi connectivity index (χ4v) is 3.48. The monoisotopic (exact) mass is 254 g/mol. The topological polar surface area (TPSA) is 41.6 Å². The standard InChI is InChI=1S/C14H26N2O2/c1-3-7-15-14(10-13(17)18-4-2)11-16-8-5-12(14)6-9-16/h12,15H,3-11H2,1-2H3. The minimum Gasteiger partial charge on any atom is -0.466 e. The number of ether oxygens (including phenoxy) is 1. The number of carbonyl (C=O) groups is 1. The second kappa shape index (κ2) is 6.02. The van der Waals surface area contributed by atoms with Gasteiger partial charge in [-0.3, -0.25) is 4.79 Å². The normalized spacial score (nSPS) is 34.6. The molecule has 0 aromatic heterocycles. The predicted octanol–water partition coefficient (Wildman–Crippen LogP) is 1.40. The molecular formula is C14H26N2O2. The first-order chi connectivity index (χ1) is 8.70. The van der Waals surface area contributed by atoms with Crippen LogP contribution in [0.3, 0.4) is 0 Å². The molecule has 2 bridgehead atoms. The van der Waals surface area contributed by atoms with Gasteiger partial charge in [-0.15, -0.1) is 0 Å². The Labute approximate surface area is 110 Å². The largest absolute Gasteiger partial charge is 0.466 e. The fraction of sp³-hybridized carbons (Fsp3) is 0.929. The first kappa shape index (κ1) is 13.8. The van der Waals surface area contributed by atoms with Crippen LogP contribution in [0.2, 0.25) is 0 Å². The van der Waals surface area contributed by atoms with Crippen LogP contribution in [0.4, 0.5) is 0 Å². The molecule has 0 aromatic rings. The molecule has 3 saturated heterocycles. The van der Waals surface area contributed by atoms with Crippen LogP contribution in [0.5, 0.6) is 0 Å². The maximum Gasteiger partial charge on any atom is 0.307 e. The zero-order valence-corrected chi connectivity index (χ0v) is 11.7. The zero-order chi connectivity index (χ0) is 13.0. The molecule has 104 valence electrons. The Morgan fingerprint density at radius 2 is 2.11 bits per heavy atom. The summed E-state index contributed by atoms with van der Waals surface area (Å²) in [5.41, 5.74) is -0.0290. The van der Waals surface area contributed by atoms with Crippen LogP contribution in [0.15, 0.2) is 0 Å². The van der Waals surface area contributed by atoms with Gasteiger partial charge in [0.2, 0.25) is 0 Å². The molecule has 1 unspecified atom stereocenters. The number of piperidine rings is 3. The number of nitrogens with zero attached hydrogens (tertiary/aromatic N) is 1. The van der Waals surface area contributed by atoms with Crippen molar-refractivity contribution >= 4 is 5.97 Å². The van der Waals surface area contributed by atoms with E-state index in [1.54, 1.807) is 0 Å². The number of hydrogen-bond acceptors (Lipinski definition) is 4. The van der Waals surface area contributed by atoms with Gasteiger partial charge in [0, 0.05) is 12.1 Å². The highest BCUT2D eigenvalue weighted by molar-refractivity contribution is 5.71. The van der Waals surface area contributed by atoms with E-state index in [0.717, 1.165) is 19.5 Å². The van der Waals surface area contributed by atoms with E-state index in [1.807, 2.05) is 6.92 Å². The van der Waals surface area contributed by atoms with Gasteiger partial charge in [0.1, 0.15) is 0 Å². The summed E-state index contributed by atoms with van der Waals surface area (Å²) >= 11 is 0. The van der Waals surface area contributed by atoms with E-state index >= 15 is 0 Å². The SMILES string of the molecule is CCCNC1(CC(=O)OCC)CN2CCC1CC2. The second-order valence-corrected chi connectivity index (χ2v) is 5.62. The summed E-state index contributed by atoms with van der Waals surface area (Å²) in [5.74, 6) is 0.591. The summed E-state index contributed by atoms with van der Waals surface area (Å²) in [5, 5.41) is 3.66. The summed E-state index contributed by atoms with van der Waals surface area (Å²) in [6.45, 7) is 8.93. The predicted molar refractivity (Wildman–Crippen MR) is 71.4 cm³/mol. The van der Waals surface area contributed by atoms with Crippen molar-refractivity contribution in [3.8, 4) is 0 Å². The molecule has 0 aromatic carbocycles. The molecule has 0 saturated carbocycles. The molecule has 1 N–H and O–H groups in total. The lowest BCUT2D eigenvalue weighted by Crippen LogP contribution is -2.66. The van der Waals surface area contributed by atoms with E-state index in [0.29, 0.717) is 18.9 Å². The van der Waals surface area contributed by atoms with Crippen molar-refractivity contribution in [3.05, 3.63) is 0 Å². The minimum absolute atomic E-state index is 0.0290. The van der Waals surface area contributed by atoms with Crippen molar-refractivity contribution in [1.82, 2.24) is 10.2 Å². The van der Waals surface area contributed by atoms with Crippen LogP contribution in [0, 0.1) is 5.92 Å². The smallest absolute Gasteiger partial charge is 0.307 e. The van der Waals surface area contributed by atoms with Crippen molar-refractivity contribution in [3.63, 3.8) is 0 Å². The van der Waals surface area contributed by atoms with Crippen LogP contribution in [0.25, 0.3) is 0 Å². The van der Waals surface area contributed by atoms with Gasteiger partial charge in [0.15, 0.2) is 0 Å². The van der Waals surface area contributed by atoms with E-state index in [9.17, 15) is 4.79 Å². The van der Waals surface area contributed by atoms with Crippen LogP contribution in [-0.2, 0) is 9.53 Å². The summed E-state index contributed by atoms with van der Waals surface area (Å²) in [7, 11) is 0. The Morgan fingerprint density at radius 3 is 2.61 bits per heavy atom. The van der Waals surface area contributed by atoms with Gasteiger partial charge in [-0.25, -0.2) is 0 Å². The minimum atomic E-state index is -0.0464. The molecule has 3 aliphatic heterocycles. The third-order valence-electron chi connectivity index (χ3n) is 4.37. The van der Waals surface area contributed by atoms with E-state index in [4.69, 9.17) is 4.74 Å². The summed E-state index contributed by atoms with van der Waals surface area (Å²) in [6.07, 6.45) is 4.07. The quantitative estimate of drug-likeness (QED) is 0.728. The average molecular weight is 254 g/mol. The Hall–Kier alpha value is -0.610. The highest BCUT2D eigenvalue weighted by Crippen LogP contribution is 2.38. The summed E-state index contributed by atoms with van der Waals surface area (Å²) in [4.78, 5) is 14.4. The Kier molecular flexibility index (Phi) is 4.62. The first-order valence-corrected chi connectivity index (χ1v) is 7.33. The van der Waals surface area contributed by atoms with Crippen molar-refractivity contribution in [2.75, 3.05) is 32.8 Å². The molecule has 3 aliphatic rings. The lowest BCUT2D eigenvalue weighted by Gasteiger charge is -2.53. The summed E-state index contributed by atoms with van der Waals surface area (Å²) in [6, 6.07) is 0. The summed E-state index contributed by atoms with van der Waals surface area (Å²) < 4.78 is 5.16. The van der Waals surface area contributed by atoms with Crippen molar-refractivity contribution in [1.29, 1.82) is 0 Å². The van der Waals surface area contributed by atoms with Gasteiger partial charge in [0.05, 0.1) is 13.0 Å². The van der Waals surface area contributed by atoms with Crippen LogP contribution in [-0.4, -0.2) is 49.2 Å². The van der Waals surface area contributed by atoms with E-state index < -0.39 is 0 Å². The highest BCUT2D eigenvalue weighted by atomic mass is 16.5. The average Bonchev–Trinajstić information content (AvgIpc) is 2.38. The molecule has 4 nitrogen and oxygen atoms in total. The Balaban J connectivity index is 2.05. The number of fused-ring (bicyclic) bond motifs is 3. The van der Waals surface area contributed by atoms with Gasteiger partial charge >= 0.3 is 5.97 Å². The van der Waals surface area contributed by atoms with Crippen molar-refractivity contribution < 1.29 is 9.53 Å². The molecule has 0 radical (unpaired) electrons. The molecule has 18 heavy (non-hydrogen) atoms. The lowest BCUT2D eigenvalue weighted by molar-refractivity contribution is -0.147. The number of rotatable bonds is 6. The third kappa shape index (κ3) is 2.86. The van der Waals surface area contributed by atoms with Gasteiger partial charge < -0.3 is 15.0 Å². The van der Waals surface area contributed by atoms with E-state index in [-0.39, 0.29) is 11.5 Å². The molecule has 3 heterocycles. The fourth-order valence-electron chi connectivity index (χ4n) is 3.48. The number of nitrogens with one attached hydrogen (secondary N) is 1. The van der Waals surface area contributed by atoms with Crippen LogP contribution in [0.1, 0.15) is 39.5 Å². The maximum atomic E-state index is 11.9. The molecule has 3 rings (SSSR count). The van der Waals surface area contributed by atoms with Crippen molar-refractivity contribution in [2.24, 2.45) is 5.92 Å². The molecule has 0 aliphatic carbocycles. The zero-order valence-electron chi connectivity index (χ0n) is 11.7. The van der Waals surface area contributed by atoms with Gasteiger partial charge in [-0.2, -0.15) is 0 Å².